The second-order valence-electron chi connectivity index (χ2n) is 3.89. The van der Waals surface area contributed by atoms with Gasteiger partial charge in [0.25, 0.3) is 0 Å². The summed E-state index contributed by atoms with van der Waals surface area (Å²) in [6, 6.07) is 7.93. The van der Waals surface area contributed by atoms with Crippen LogP contribution in [0.25, 0.3) is 11.3 Å². The Hall–Kier alpha value is -1.88. The van der Waals surface area contributed by atoms with Crippen molar-refractivity contribution in [2.75, 3.05) is 11.9 Å². The summed E-state index contributed by atoms with van der Waals surface area (Å²) in [4.78, 5) is 15.7. The smallest absolute Gasteiger partial charge is 0.321 e. The lowest BCUT2D eigenvalue weighted by atomic mass is 10.1. The molecule has 0 aliphatic heterocycles. The monoisotopic (exact) mass is 261 g/mol. The fourth-order valence-electron chi connectivity index (χ4n) is 1.49. The Bertz CT molecular complexity index is 533. The van der Waals surface area contributed by atoms with E-state index in [-0.39, 0.29) is 6.03 Å². The third-order valence-corrected chi connectivity index (χ3v) is 3.17. The van der Waals surface area contributed by atoms with Crippen LogP contribution in [-0.4, -0.2) is 17.6 Å². The quantitative estimate of drug-likeness (QED) is 0.891. The number of thiazole rings is 1. The second-order valence-corrected chi connectivity index (χ2v) is 4.75. The summed E-state index contributed by atoms with van der Waals surface area (Å²) in [5, 5.41) is 7.91. The first-order valence-electron chi connectivity index (χ1n) is 5.76. The molecule has 1 aromatic heterocycles. The van der Waals surface area contributed by atoms with Crippen molar-refractivity contribution in [3.63, 3.8) is 0 Å². The standard InChI is InChI=1S/C13H15N3OS/c1-3-14-12(17)16-13-15-11(8-18-13)10-6-4-9(2)5-7-10/h4-8H,3H2,1-2H3,(H2,14,15,16,17). The molecule has 0 unspecified atom stereocenters. The maximum Gasteiger partial charge on any atom is 0.321 e. The number of urea groups is 1. The van der Waals surface area contributed by atoms with Crippen molar-refractivity contribution < 1.29 is 4.79 Å². The summed E-state index contributed by atoms with van der Waals surface area (Å²) in [6.07, 6.45) is 0. The van der Waals surface area contributed by atoms with Gasteiger partial charge in [-0.25, -0.2) is 9.78 Å². The van der Waals surface area contributed by atoms with Crippen LogP contribution < -0.4 is 10.6 Å². The van der Waals surface area contributed by atoms with Gasteiger partial charge >= 0.3 is 6.03 Å². The van der Waals surface area contributed by atoms with Crippen molar-refractivity contribution in [1.29, 1.82) is 0 Å². The van der Waals surface area contributed by atoms with Gasteiger partial charge in [-0.3, -0.25) is 5.32 Å². The molecule has 0 saturated heterocycles. The van der Waals surface area contributed by atoms with E-state index in [0.29, 0.717) is 11.7 Å². The number of anilines is 1. The SMILES string of the molecule is CCNC(=O)Nc1nc(-c2ccc(C)cc2)cs1. The van der Waals surface area contributed by atoms with Crippen LogP contribution in [0.15, 0.2) is 29.6 Å². The molecule has 0 radical (unpaired) electrons. The van der Waals surface area contributed by atoms with E-state index in [2.05, 4.69) is 15.6 Å². The summed E-state index contributed by atoms with van der Waals surface area (Å²) in [5.74, 6) is 0. The minimum Gasteiger partial charge on any atom is -0.338 e. The molecule has 0 saturated carbocycles. The van der Waals surface area contributed by atoms with Gasteiger partial charge < -0.3 is 5.32 Å². The first-order chi connectivity index (χ1) is 8.69. The summed E-state index contributed by atoms with van der Waals surface area (Å²) in [5.41, 5.74) is 3.15. The molecule has 2 amide bonds. The van der Waals surface area contributed by atoms with Crippen molar-refractivity contribution >= 4 is 22.5 Å². The molecule has 4 nitrogen and oxygen atoms in total. The molecule has 18 heavy (non-hydrogen) atoms. The van der Waals surface area contributed by atoms with Gasteiger partial charge in [0.15, 0.2) is 5.13 Å². The minimum absolute atomic E-state index is 0.220. The van der Waals surface area contributed by atoms with Crippen LogP contribution in [0.3, 0.4) is 0 Å². The fourth-order valence-corrected chi connectivity index (χ4v) is 2.20. The van der Waals surface area contributed by atoms with Gasteiger partial charge in [-0.05, 0) is 13.8 Å². The van der Waals surface area contributed by atoms with Gasteiger partial charge in [-0.2, -0.15) is 0 Å². The Morgan fingerprint density at radius 3 is 2.72 bits per heavy atom. The zero-order valence-corrected chi connectivity index (χ0v) is 11.2. The average Bonchev–Trinajstić information content (AvgIpc) is 2.78. The highest BCUT2D eigenvalue weighted by atomic mass is 32.1. The van der Waals surface area contributed by atoms with Crippen molar-refractivity contribution in [1.82, 2.24) is 10.3 Å². The molecule has 5 heteroatoms. The van der Waals surface area contributed by atoms with E-state index < -0.39 is 0 Å². The summed E-state index contributed by atoms with van der Waals surface area (Å²) in [7, 11) is 0. The molecule has 0 aliphatic carbocycles. The molecule has 94 valence electrons. The Labute approximate surface area is 110 Å². The first-order valence-corrected chi connectivity index (χ1v) is 6.64. The third kappa shape index (κ3) is 3.07. The Balaban J connectivity index is 2.10. The van der Waals surface area contributed by atoms with Crippen molar-refractivity contribution in [2.24, 2.45) is 0 Å². The van der Waals surface area contributed by atoms with E-state index in [1.807, 2.05) is 43.5 Å². The number of aryl methyl sites for hydroxylation is 1. The molecular weight excluding hydrogens is 246 g/mol. The predicted octanol–water partition coefficient (Wildman–Crippen LogP) is 3.26. The van der Waals surface area contributed by atoms with Crippen molar-refractivity contribution in [3.8, 4) is 11.3 Å². The molecule has 0 bridgehead atoms. The van der Waals surface area contributed by atoms with Crippen LogP contribution in [0.1, 0.15) is 12.5 Å². The highest BCUT2D eigenvalue weighted by molar-refractivity contribution is 7.14. The number of carbonyl (C=O) groups is 1. The maximum atomic E-state index is 11.3. The lowest BCUT2D eigenvalue weighted by Crippen LogP contribution is -2.28. The van der Waals surface area contributed by atoms with Crippen LogP contribution in [0, 0.1) is 6.92 Å². The van der Waals surface area contributed by atoms with Gasteiger partial charge in [-0.15, -0.1) is 11.3 Å². The van der Waals surface area contributed by atoms with Crippen molar-refractivity contribution in [2.45, 2.75) is 13.8 Å². The molecule has 1 aromatic carbocycles. The van der Waals surface area contributed by atoms with Crippen LogP contribution in [0.4, 0.5) is 9.93 Å². The number of rotatable bonds is 3. The summed E-state index contributed by atoms with van der Waals surface area (Å²) >= 11 is 1.42. The number of hydrogen-bond donors (Lipinski definition) is 2. The van der Waals surface area contributed by atoms with Gasteiger partial charge in [0.1, 0.15) is 0 Å². The largest absolute Gasteiger partial charge is 0.338 e. The highest BCUT2D eigenvalue weighted by Gasteiger charge is 2.06. The fraction of sp³-hybridized carbons (Fsp3) is 0.231. The summed E-state index contributed by atoms with van der Waals surface area (Å²) < 4.78 is 0. The zero-order chi connectivity index (χ0) is 13.0. The van der Waals surface area contributed by atoms with Gasteiger partial charge in [0.2, 0.25) is 0 Å². The van der Waals surface area contributed by atoms with E-state index in [1.165, 1.54) is 16.9 Å². The van der Waals surface area contributed by atoms with Crippen molar-refractivity contribution in [3.05, 3.63) is 35.2 Å². The van der Waals surface area contributed by atoms with E-state index in [0.717, 1.165) is 11.3 Å². The molecule has 0 spiro atoms. The molecule has 0 fully saturated rings. The number of nitrogens with zero attached hydrogens (tertiary/aromatic N) is 1. The second kappa shape index (κ2) is 5.64. The van der Waals surface area contributed by atoms with E-state index in [9.17, 15) is 4.79 Å². The number of hydrogen-bond acceptors (Lipinski definition) is 3. The predicted molar refractivity (Wildman–Crippen MR) is 75.0 cm³/mol. The molecule has 0 aliphatic rings. The molecule has 2 rings (SSSR count). The lowest BCUT2D eigenvalue weighted by Gasteiger charge is -2.01. The minimum atomic E-state index is -0.220. The molecule has 2 aromatic rings. The number of carbonyl (C=O) groups excluding carboxylic acids is 1. The van der Waals surface area contributed by atoms with Crippen LogP contribution >= 0.6 is 11.3 Å². The Kier molecular flexibility index (Phi) is 3.94. The van der Waals surface area contributed by atoms with Gasteiger partial charge in [0, 0.05) is 17.5 Å². The van der Waals surface area contributed by atoms with Gasteiger partial charge in [-0.1, -0.05) is 29.8 Å². The van der Waals surface area contributed by atoms with Crippen LogP contribution in [0.2, 0.25) is 0 Å². The summed E-state index contributed by atoms with van der Waals surface area (Å²) in [6.45, 7) is 4.52. The average molecular weight is 261 g/mol. The third-order valence-electron chi connectivity index (χ3n) is 2.41. The molecule has 1 heterocycles. The molecular formula is C13H15N3OS. The molecule has 0 atom stereocenters. The van der Waals surface area contributed by atoms with Gasteiger partial charge in [0.05, 0.1) is 5.69 Å². The maximum absolute atomic E-state index is 11.3. The Morgan fingerprint density at radius 1 is 1.33 bits per heavy atom. The topological polar surface area (TPSA) is 54.0 Å². The number of benzene rings is 1. The van der Waals surface area contributed by atoms with Crippen LogP contribution in [-0.2, 0) is 0 Å². The number of nitrogens with one attached hydrogen (secondary N) is 2. The number of amides is 2. The molecule has 2 N–H and O–H groups in total. The van der Waals surface area contributed by atoms with E-state index in [1.54, 1.807) is 0 Å². The zero-order valence-electron chi connectivity index (χ0n) is 10.4. The lowest BCUT2D eigenvalue weighted by molar-refractivity contribution is 0.252. The van der Waals surface area contributed by atoms with E-state index in [4.69, 9.17) is 0 Å². The number of aromatic nitrogens is 1. The van der Waals surface area contributed by atoms with E-state index >= 15 is 0 Å². The normalized spacial score (nSPS) is 10.1. The Morgan fingerprint density at radius 2 is 2.06 bits per heavy atom. The first kappa shape index (κ1) is 12.6. The van der Waals surface area contributed by atoms with Crippen LogP contribution in [0.5, 0.6) is 0 Å². The highest BCUT2D eigenvalue weighted by Crippen LogP contribution is 2.24.